The molecule has 0 saturated heterocycles. The number of rotatable bonds is 2. The van der Waals surface area contributed by atoms with Gasteiger partial charge in [0, 0.05) is 6.42 Å². The minimum atomic E-state index is -0.485. The average molecular weight is 168 g/mol. The molecule has 2 heteroatoms. The Morgan fingerprint density at radius 1 is 1.50 bits per heavy atom. The molecule has 12 heavy (non-hydrogen) atoms. The van der Waals surface area contributed by atoms with Crippen LogP contribution in [0.4, 0.5) is 4.39 Å². The van der Waals surface area contributed by atoms with Gasteiger partial charge in [0.15, 0.2) is 0 Å². The number of aryl methyl sites for hydroxylation is 1. The van der Waals surface area contributed by atoms with E-state index in [0.717, 1.165) is 0 Å². The molecule has 1 nitrogen and oxygen atoms in total. The lowest BCUT2D eigenvalue weighted by molar-refractivity contribution is 0.194. The summed E-state index contributed by atoms with van der Waals surface area (Å²) in [7, 11) is 0. The molecule has 0 saturated carbocycles. The predicted molar refractivity (Wildman–Crippen MR) is 46.5 cm³/mol. The van der Waals surface area contributed by atoms with E-state index in [4.69, 9.17) is 5.11 Å². The number of hydrogen-bond donors (Lipinski definition) is 1. The van der Waals surface area contributed by atoms with Crippen molar-refractivity contribution in [2.24, 2.45) is 0 Å². The normalized spacial score (nSPS) is 13.0. The van der Waals surface area contributed by atoms with Crippen LogP contribution in [0.5, 0.6) is 0 Å². The van der Waals surface area contributed by atoms with Gasteiger partial charge in [-0.05, 0) is 25.0 Å². The summed E-state index contributed by atoms with van der Waals surface area (Å²) in [6, 6.07) is 5.23. The summed E-state index contributed by atoms with van der Waals surface area (Å²) in [6.07, 6.45) is -0.102. The highest BCUT2D eigenvalue weighted by atomic mass is 19.1. The molecule has 1 rings (SSSR count). The number of aliphatic hydroxyl groups is 1. The lowest BCUT2D eigenvalue weighted by Gasteiger charge is -2.06. The van der Waals surface area contributed by atoms with Crippen molar-refractivity contribution in [1.29, 1.82) is 0 Å². The minimum absolute atomic E-state index is 0.196. The summed E-state index contributed by atoms with van der Waals surface area (Å²) in [5.41, 5.74) is 1.22. The first-order valence-electron chi connectivity index (χ1n) is 4.03. The van der Waals surface area contributed by atoms with Gasteiger partial charge in [0.25, 0.3) is 0 Å². The second kappa shape index (κ2) is 3.68. The Labute approximate surface area is 71.9 Å². The summed E-state index contributed by atoms with van der Waals surface area (Å²) < 4.78 is 13.3. The van der Waals surface area contributed by atoms with Gasteiger partial charge >= 0.3 is 0 Å². The number of benzene rings is 1. The van der Waals surface area contributed by atoms with Crippen molar-refractivity contribution in [3.8, 4) is 0 Å². The molecule has 0 aliphatic carbocycles. The Morgan fingerprint density at radius 3 is 2.75 bits per heavy atom. The van der Waals surface area contributed by atoms with Crippen LogP contribution < -0.4 is 0 Å². The quantitative estimate of drug-likeness (QED) is 0.716. The molecular weight excluding hydrogens is 155 g/mol. The van der Waals surface area contributed by atoms with E-state index in [1.165, 1.54) is 0 Å². The van der Waals surface area contributed by atoms with Gasteiger partial charge in [0.1, 0.15) is 5.82 Å². The van der Waals surface area contributed by atoms with Gasteiger partial charge in [-0.25, -0.2) is 4.39 Å². The molecule has 0 aliphatic rings. The zero-order chi connectivity index (χ0) is 9.14. The van der Waals surface area contributed by atoms with Crippen molar-refractivity contribution >= 4 is 0 Å². The highest BCUT2D eigenvalue weighted by molar-refractivity contribution is 5.25. The lowest BCUT2D eigenvalue weighted by atomic mass is 10.1. The van der Waals surface area contributed by atoms with Crippen LogP contribution in [0, 0.1) is 12.7 Å². The molecule has 0 bridgehead atoms. The third-order valence-electron chi connectivity index (χ3n) is 1.79. The molecule has 1 aromatic carbocycles. The van der Waals surface area contributed by atoms with Crippen LogP contribution >= 0.6 is 0 Å². The SMILES string of the molecule is Cc1cccc(C[C@@H](C)O)c1F. The fourth-order valence-electron chi connectivity index (χ4n) is 1.18. The lowest BCUT2D eigenvalue weighted by Crippen LogP contribution is -2.06. The zero-order valence-electron chi connectivity index (χ0n) is 7.34. The first kappa shape index (κ1) is 9.20. The van der Waals surface area contributed by atoms with Gasteiger partial charge in [-0.15, -0.1) is 0 Å². The second-order valence-corrected chi connectivity index (χ2v) is 3.10. The molecule has 0 spiro atoms. The van der Waals surface area contributed by atoms with Crippen molar-refractivity contribution in [3.63, 3.8) is 0 Å². The molecular formula is C10H13FO. The first-order valence-corrected chi connectivity index (χ1v) is 4.03. The summed E-state index contributed by atoms with van der Waals surface area (Å²) in [6.45, 7) is 3.38. The van der Waals surface area contributed by atoms with Crippen LogP contribution in [0.3, 0.4) is 0 Å². The fraction of sp³-hybridized carbons (Fsp3) is 0.400. The van der Waals surface area contributed by atoms with Crippen molar-refractivity contribution in [1.82, 2.24) is 0 Å². The molecule has 1 aromatic rings. The summed E-state index contributed by atoms with van der Waals surface area (Å²) in [5.74, 6) is -0.196. The van der Waals surface area contributed by atoms with Crippen molar-refractivity contribution in [2.45, 2.75) is 26.4 Å². The maximum Gasteiger partial charge on any atom is 0.129 e. The zero-order valence-corrected chi connectivity index (χ0v) is 7.34. The Morgan fingerprint density at radius 2 is 2.17 bits per heavy atom. The Balaban J connectivity index is 2.92. The smallest absolute Gasteiger partial charge is 0.129 e. The largest absolute Gasteiger partial charge is 0.393 e. The Bertz CT molecular complexity index is 269. The monoisotopic (exact) mass is 168 g/mol. The van der Waals surface area contributed by atoms with E-state index in [-0.39, 0.29) is 5.82 Å². The first-order chi connectivity index (χ1) is 5.61. The molecule has 0 unspecified atom stereocenters. The maximum atomic E-state index is 13.3. The highest BCUT2D eigenvalue weighted by Gasteiger charge is 2.06. The van der Waals surface area contributed by atoms with Gasteiger partial charge < -0.3 is 5.11 Å². The van der Waals surface area contributed by atoms with Gasteiger partial charge in [0.05, 0.1) is 6.10 Å². The summed E-state index contributed by atoms with van der Waals surface area (Å²) in [4.78, 5) is 0. The number of hydrogen-bond acceptors (Lipinski definition) is 1. The predicted octanol–water partition coefficient (Wildman–Crippen LogP) is 2.06. The third kappa shape index (κ3) is 2.05. The van der Waals surface area contributed by atoms with Crippen LogP contribution in [0.25, 0.3) is 0 Å². The highest BCUT2D eigenvalue weighted by Crippen LogP contribution is 2.13. The number of halogens is 1. The van der Waals surface area contributed by atoms with Crippen LogP contribution in [0.2, 0.25) is 0 Å². The van der Waals surface area contributed by atoms with E-state index in [1.54, 1.807) is 32.0 Å². The third-order valence-corrected chi connectivity index (χ3v) is 1.79. The molecule has 0 fully saturated rings. The standard InChI is InChI=1S/C10H13FO/c1-7-4-3-5-9(10(7)11)6-8(2)12/h3-5,8,12H,6H2,1-2H3/t8-/m1/s1. The van der Waals surface area contributed by atoms with E-state index < -0.39 is 6.10 Å². The Hall–Kier alpha value is -0.890. The van der Waals surface area contributed by atoms with Crippen LogP contribution in [-0.2, 0) is 6.42 Å². The molecule has 0 amide bonds. The van der Waals surface area contributed by atoms with E-state index in [1.807, 2.05) is 0 Å². The van der Waals surface area contributed by atoms with Gasteiger partial charge in [-0.2, -0.15) is 0 Å². The van der Waals surface area contributed by atoms with Crippen LogP contribution in [0.15, 0.2) is 18.2 Å². The van der Waals surface area contributed by atoms with Gasteiger partial charge in [-0.3, -0.25) is 0 Å². The minimum Gasteiger partial charge on any atom is -0.393 e. The molecule has 0 aromatic heterocycles. The van der Waals surface area contributed by atoms with Gasteiger partial charge in [-0.1, -0.05) is 18.2 Å². The maximum absolute atomic E-state index is 13.3. The van der Waals surface area contributed by atoms with E-state index >= 15 is 0 Å². The van der Waals surface area contributed by atoms with Crippen molar-refractivity contribution < 1.29 is 9.50 Å². The van der Waals surface area contributed by atoms with Crippen molar-refractivity contribution in [3.05, 3.63) is 35.1 Å². The van der Waals surface area contributed by atoms with Crippen LogP contribution in [0.1, 0.15) is 18.1 Å². The van der Waals surface area contributed by atoms with Crippen LogP contribution in [-0.4, -0.2) is 11.2 Å². The van der Waals surface area contributed by atoms with Crippen molar-refractivity contribution in [2.75, 3.05) is 0 Å². The topological polar surface area (TPSA) is 20.2 Å². The second-order valence-electron chi connectivity index (χ2n) is 3.10. The summed E-state index contributed by atoms with van der Waals surface area (Å²) in [5, 5.41) is 9.05. The van der Waals surface area contributed by atoms with E-state index in [0.29, 0.717) is 17.5 Å². The molecule has 0 heterocycles. The Kier molecular flexibility index (Phi) is 2.82. The molecule has 0 radical (unpaired) electrons. The van der Waals surface area contributed by atoms with Gasteiger partial charge in [0.2, 0.25) is 0 Å². The van der Waals surface area contributed by atoms with E-state index in [9.17, 15) is 4.39 Å². The molecule has 1 atom stereocenters. The summed E-state index contributed by atoms with van der Waals surface area (Å²) >= 11 is 0. The molecule has 66 valence electrons. The molecule has 0 aliphatic heterocycles. The number of aliphatic hydroxyl groups excluding tert-OH is 1. The van der Waals surface area contributed by atoms with E-state index in [2.05, 4.69) is 0 Å². The average Bonchev–Trinajstić information content (AvgIpc) is 1.98. The molecule has 1 N–H and O–H groups in total. The fourth-order valence-corrected chi connectivity index (χ4v) is 1.18.